The molecule has 0 aliphatic heterocycles. The molecule has 0 saturated heterocycles. The third kappa shape index (κ3) is 13.2. The highest BCUT2D eigenvalue weighted by Crippen LogP contribution is 2.38. The number of ether oxygens (including phenoxy) is 3. The second-order valence-corrected chi connectivity index (χ2v) is 14.6. The van der Waals surface area contributed by atoms with Crippen molar-refractivity contribution in [2.24, 2.45) is 0 Å². The Kier molecular flexibility index (Phi) is 16.5. The van der Waals surface area contributed by atoms with Crippen molar-refractivity contribution in [1.82, 2.24) is 15.6 Å². The van der Waals surface area contributed by atoms with E-state index in [9.17, 15) is 33.8 Å². The largest absolute Gasteiger partial charge is 0.488 e. The predicted octanol–water partition coefficient (Wildman–Crippen LogP) is 7.17. The van der Waals surface area contributed by atoms with Crippen molar-refractivity contribution in [3.63, 3.8) is 0 Å². The first-order valence-corrected chi connectivity index (χ1v) is 19.5. The molecule has 0 fully saturated rings. The average molecular weight is 859 g/mol. The average Bonchev–Trinajstić information content (AvgIpc) is 3.20. The zero-order chi connectivity index (χ0) is 44.1. The molecule has 6 N–H and O–H groups in total. The van der Waals surface area contributed by atoms with Gasteiger partial charge in [0.25, 0.3) is 0 Å². The van der Waals surface area contributed by atoms with Crippen LogP contribution < -0.4 is 24.8 Å². The van der Waals surface area contributed by atoms with Crippen LogP contribution in [0.5, 0.6) is 17.2 Å². The first-order valence-electron chi connectivity index (χ1n) is 19.1. The van der Waals surface area contributed by atoms with E-state index >= 15 is 0 Å². The zero-order valence-corrected chi connectivity index (χ0v) is 34.1. The van der Waals surface area contributed by atoms with E-state index in [2.05, 4.69) is 21.7 Å². The van der Waals surface area contributed by atoms with Gasteiger partial charge < -0.3 is 45.3 Å². The molecule has 0 spiro atoms. The number of nitrogens with one attached hydrogen (secondary N) is 2. The molecule has 320 valence electrons. The maximum atomic E-state index is 13.5. The number of carbonyl (C=O) groups is 2. The molecule has 5 rings (SSSR count). The minimum absolute atomic E-state index is 0.0111. The Morgan fingerprint density at radius 2 is 1.38 bits per heavy atom. The fraction of sp³-hybridized carbons (Fsp3) is 0.289. The van der Waals surface area contributed by atoms with Crippen LogP contribution in [0.3, 0.4) is 0 Å². The molecule has 2 atom stereocenters. The Hall–Kier alpha value is -6.15. The number of nitrogens with zero attached hydrogens (tertiary/aromatic N) is 2. The number of benzene rings is 4. The molecule has 16 heteroatoms. The van der Waals surface area contributed by atoms with Crippen molar-refractivity contribution in [2.75, 3.05) is 13.1 Å². The number of halogens is 3. The Balaban J connectivity index is 1.37. The lowest BCUT2D eigenvalue weighted by molar-refractivity contribution is -0.140. The van der Waals surface area contributed by atoms with Crippen LogP contribution in [-0.2, 0) is 35.9 Å². The fourth-order valence-electron chi connectivity index (χ4n) is 6.64. The van der Waals surface area contributed by atoms with Gasteiger partial charge in [-0.15, -0.1) is 0 Å². The van der Waals surface area contributed by atoms with Crippen molar-refractivity contribution in [1.29, 1.82) is 5.26 Å². The molecule has 13 nitrogen and oxygen atoms in total. The van der Waals surface area contributed by atoms with Crippen LogP contribution in [0, 0.1) is 25.2 Å². The molecule has 1 aromatic heterocycles. The normalized spacial score (nSPS) is 12.1. The highest BCUT2D eigenvalue weighted by molar-refractivity contribution is 6.32. The standard InChI is InChI=1S/C45H45ClF2N4O9/c1-26-32(25-60-42-16-40(59-24-29-11-28(17-49)18-50-19-29)33(12-39(42)46)21-52-23-35(54)15-44(57)58)5-3-7-37(26)38-8-4-6-36(27(38)2)30-9-10-31(41(13-30)61-45(47)48)20-51-22-34(53)14-43(55)56/h3-13,16,18-19,34-35,45,51-54H,14-15,20-25H2,1-2H3,(H,55,56)(H,57,58)/t34-,35-/m0/s1. The number of carboxylic acids is 2. The summed E-state index contributed by atoms with van der Waals surface area (Å²) in [5.74, 6) is -1.60. The molecule has 1 heterocycles. The molecule has 0 aliphatic rings. The van der Waals surface area contributed by atoms with Gasteiger partial charge in [-0.1, -0.05) is 60.1 Å². The minimum atomic E-state index is -3.09. The van der Waals surface area contributed by atoms with E-state index in [1.165, 1.54) is 12.3 Å². The Bertz CT molecular complexity index is 2380. The number of alkyl halides is 2. The molecule has 4 aromatic carbocycles. The highest BCUT2D eigenvalue weighted by atomic mass is 35.5. The van der Waals surface area contributed by atoms with Gasteiger partial charge in [0, 0.05) is 61.3 Å². The second-order valence-electron chi connectivity index (χ2n) is 14.2. The van der Waals surface area contributed by atoms with E-state index in [1.807, 2.05) is 50.2 Å². The molecular formula is C45H45ClF2N4O9. The van der Waals surface area contributed by atoms with E-state index in [0.29, 0.717) is 39.3 Å². The quantitative estimate of drug-likeness (QED) is 0.0409. The monoisotopic (exact) mass is 858 g/mol. The number of aliphatic hydroxyl groups excluding tert-OH is 2. The van der Waals surface area contributed by atoms with Crippen molar-refractivity contribution in [2.45, 2.75) is 71.8 Å². The molecule has 0 aliphatic carbocycles. The van der Waals surface area contributed by atoms with Gasteiger partial charge in [-0.2, -0.15) is 14.0 Å². The summed E-state index contributed by atoms with van der Waals surface area (Å²) >= 11 is 6.74. The molecule has 61 heavy (non-hydrogen) atoms. The summed E-state index contributed by atoms with van der Waals surface area (Å²) in [6.07, 6.45) is -0.100. The molecule has 0 unspecified atom stereocenters. The zero-order valence-electron chi connectivity index (χ0n) is 33.3. The lowest BCUT2D eigenvalue weighted by Gasteiger charge is -2.19. The topological polar surface area (TPSA) is 203 Å². The van der Waals surface area contributed by atoms with Crippen LogP contribution in [0.1, 0.15) is 51.8 Å². The number of hydrogen-bond acceptors (Lipinski definition) is 11. The van der Waals surface area contributed by atoms with Crippen LogP contribution in [0.15, 0.2) is 85.2 Å². The number of carboxylic acid groups (broad SMARTS) is 2. The second kappa shape index (κ2) is 21.9. The van der Waals surface area contributed by atoms with Gasteiger partial charge in [0.05, 0.1) is 35.6 Å². The predicted molar refractivity (Wildman–Crippen MR) is 222 cm³/mol. The van der Waals surface area contributed by atoms with Crippen molar-refractivity contribution in [3.05, 3.63) is 129 Å². The number of hydrogen-bond donors (Lipinski definition) is 6. The van der Waals surface area contributed by atoms with Crippen LogP contribution in [0.25, 0.3) is 22.3 Å². The summed E-state index contributed by atoms with van der Waals surface area (Å²) < 4.78 is 44.4. The summed E-state index contributed by atoms with van der Waals surface area (Å²) in [5, 5.41) is 53.3. The summed E-state index contributed by atoms with van der Waals surface area (Å²) in [6.45, 7) is 1.23. The van der Waals surface area contributed by atoms with Crippen molar-refractivity contribution in [3.8, 4) is 45.6 Å². The third-order valence-corrected chi connectivity index (χ3v) is 9.99. The van der Waals surface area contributed by atoms with Crippen LogP contribution >= 0.6 is 11.6 Å². The van der Waals surface area contributed by atoms with E-state index in [4.69, 9.17) is 36.0 Å². The first-order chi connectivity index (χ1) is 29.2. The van der Waals surface area contributed by atoms with E-state index < -0.39 is 43.6 Å². The van der Waals surface area contributed by atoms with Gasteiger partial charge in [0.2, 0.25) is 0 Å². The summed E-state index contributed by atoms with van der Waals surface area (Å²) in [4.78, 5) is 26.0. The van der Waals surface area contributed by atoms with Gasteiger partial charge in [-0.05, 0) is 71.0 Å². The van der Waals surface area contributed by atoms with E-state index in [1.54, 1.807) is 36.5 Å². The number of aliphatic carboxylic acids is 2. The number of rotatable bonds is 22. The fourth-order valence-corrected chi connectivity index (χ4v) is 6.88. The summed E-state index contributed by atoms with van der Waals surface area (Å²) in [6, 6.07) is 23.6. The van der Waals surface area contributed by atoms with Crippen LogP contribution in [0.2, 0.25) is 5.02 Å². The van der Waals surface area contributed by atoms with Crippen molar-refractivity contribution >= 4 is 23.5 Å². The SMILES string of the molecule is Cc1c(COc2cc(OCc3cncc(C#N)c3)c(CNC[C@@H](O)CC(=O)O)cc2Cl)cccc1-c1cccc(-c2ccc(CNC[C@@H](O)CC(=O)O)c(OC(F)F)c2)c1C. The van der Waals surface area contributed by atoms with Crippen molar-refractivity contribution < 1.29 is 53.0 Å². The van der Waals surface area contributed by atoms with E-state index in [0.717, 1.165) is 33.4 Å². The number of aliphatic hydroxyl groups is 2. The summed E-state index contributed by atoms with van der Waals surface area (Å²) in [5.41, 5.74) is 7.96. The minimum Gasteiger partial charge on any atom is -0.488 e. The lowest BCUT2D eigenvalue weighted by Crippen LogP contribution is -2.28. The third-order valence-electron chi connectivity index (χ3n) is 9.69. The maximum absolute atomic E-state index is 13.5. The molecule has 0 amide bonds. The molecule has 0 radical (unpaired) electrons. The number of pyridine rings is 1. The highest BCUT2D eigenvalue weighted by Gasteiger charge is 2.18. The first kappa shape index (κ1) is 45.9. The van der Waals surface area contributed by atoms with Crippen LogP contribution in [-0.4, -0.2) is 69.3 Å². The van der Waals surface area contributed by atoms with Gasteiger partial charge in [-0.25, -0.2) is 0 Å². The molecular weight excluding hydrogens is 814 g/mol. The van der Waals surface area contributed by atoms with Gasteiger partial charge in [-0.3, -0.25) is 14.6 Å². The smallest absolute Gasteiger partial charge is 0.387 e. The number of aromatic nitrogens is 1. The number of nitriles is 1. The molecule has 5 aromatic rings. The van der Waals surface area contributed by atoms with E-state index in [-0.39, 0.29) is 50.2 Å². The van der Waals surface area contributed by atoms with Gasteiger partial charge in [0.15, 0.2) is 0 Å². The van der Waals surface area contributed by atoms with Crippen LogP contribution in [0.4, 0.5) is 8.78 Å². The summed E-state index contributed by atoms with van der Waals surface area (Å²) in [7, 11) is 0. The lowest BCUT2D eigenvalue weighted by atomic mass is 9.89. The van der Waals surface area contributed by atoms with Gasteiger partial charge in [0.1, 0.15) is 36.5 Å². The Morgan fingerprint density at radius 3 is 2.03 bits per heavy atom. The maximum Gasteiger partial charge on any atom is 0.387 e. The Morgan fingerprint density at radius 1 is 0.754 bits per heavy atom. The molecule has 0 bridgehead atoms. The Labute approximate surface area is 356 Å². The van der Waals surface area contributed by atoms with Gasteiger partial charge >= 0.3 is 18.6 Å². The molecule has 0 saturated carbocycles.